The second kappa shape index (κ2) is 8.02. The zero-order valence-electron chi connectivity index (χ0n) is 14.5. The number of hydrogen-bond donors (Lipinski definition) is 1. The largest absolute Gasteiger partial charge is 0.323 e. The molecular weight excluding hydrogens is 398 g/mol. The summed E-state index contributed by atoms with van der Waals surface area (Å²) < 4.78 is 55.0. The van der Waals surface area contributed by atoms with Crippen molar-refractivity contribution in [3.8, 4) is 11.1 Å². The molecule has 0 aliphatic heterocycles. The molecule has 0 unspecified atom stereocenters. The van der Waals surface area contributed by atoms with E-state index in [-0.39, 0.29) is 21.8 Å². The highest BCUT2D eigenvalue weighted by atomic mass is 35.5. The Bertz CT molecular complexity index is 1040. The molecule has 0 aliphatic rings. The first-order chi connectivity index (χ1) is 13.3. The Morgan fingerprint density at radius 3 is 2.64 bits per heavy atom. The molecule has 0 saturated heterocycles. The van der Waals surface area contributed by atoms with Gasteiger partial charge in [0.15, 0.2) is 0 Å². The smallest absolute Gasteiger partial charge is 0.282 e. The number of nitrogens with zero attached hydrogens (tertiary/aromatic N) is 2. The van der Waals surface area contributed by atoms with Gasteiger partial charge in [-0.25, -0.2) is 17.6 Å². The van der Waals surface area contributed by atoms with Crippen molar-refractivity contribution in [2.24, 2.45) is 7.05 Å². The Morgan fingerprint density at radius 2 is 1.96 bits per heavy atom. The summed E-state index contributed by atoms with van der Waals surface area (Å²) in [5, 5.41) is 5.88. The molecule has 1 heterocycles. The number of carbonyl (C=O) groups excluding carboxylic acids is 1. The van der Waals surface area contributed by atoms with E-state index >= 15 is 0 Å². The molecule has 9 heteroatoms. The number of hydrogen-bond acceptors (Lipinski definition) is 2. The minimum absolute atomic E-state index is 0.0396. The monoisotopic (exact) mass is 411 g/mol. The first kappa shape index (κ1) is 19.9. The number of amides is 1. The van der Waals surface area contributed by atoms with Gasteiger partial charge in [-0.15, -0.1) is 0 Å². The number of alkyl halides is 2. The molecule has 3 rings (SSSR count). The van der Waals surface area contributed by atoms with E-state index < -0.39 is 36.1 Å². The standard InChI is InChI=1S/C19H14ClF4N3O/c1-27-9-11(17(26-27)19(23)24)8-16(28)25-18-12(3-2-4-15(18)22)10-5-6-14(21)13(20)7-10/h2-7,9,19H,8H2,1H3,(H,25,28). The molecule has 1 aromatic heterocycles. The lowest BCUT2D eigenvalue weighted by Gasteiger charge is -2.13. The number of aromatic nitrogens is 2. The Kier molecular flexibility index (Phi) is 5.69. The van der Waals surface area contributed by atoms with E-state index in [1.54, 1.807) is 0 Å². The van der Waals surface area contributed by atoms with Gasteiger partial charge in [0, 0.05) is 24.4 Å². The van der Waals surface area contributed by atoms with Crippen molar-refractivity contribution in [1.82, 2.24) is 9.78 Å². The molecule has 3 aromatic rings. The molecule has 0 saturated carbocycles. The molecule has 1 N–H and O–H groups in total. The third-order valence-corrected chi connectivity index (χ3v) is 4.29. The lowest BCUT2D eigenvalue weighted by Crippen LogP contribution is -2.16. The number of nitrogens with one attached hydrogen (secondary N) is 1. The van der Waals surface area contributed by atoms with Gasteiger partial charge >= 0.3 is 0 Å². The highest BCUT2D eigenvalue weighted by molar-refractivity contribution is 6.31. The molecule has 28 heavy (non-hydrogen) atoms. The highest BCUT2D eigenvalue weighted by Gasteiger charge is 2.21. The molecule has 0 aliphatic carbocycles. The number of anilines is 1. The topological polar surface area (TPSA) is 46.9 Å². The van der Waals surface area contributed by atoms with Gasteiger partial charge in [0.25, 0.3) is 6.43 Å². The fourth-order valence-electron chi connectivity index (χ4n) is 2.79. The minimum atomic E-state index is -2.84. The van der Waals surface area contributed by atoms with E-state index in [0.29, 0.717) is 5.56 Å². The van der Waals surface area contributed by atoms with Crippen LogP contribution in [0.3, 0.4) is 0 Å². The SMILES string of the molecule is Cn1cc(CC(=O)Nc2c(F)cccc2-c2ccc(F)c(Cl)c2)c(C(F)F)n1. The van der Waals surface area contributed by atoms with Crippen LogP contribution >= 0.6 is 11.6 Å². The maximum atomic E-state index is 14.4. The predicted octanol–water partition coefficient (Wildman–Crippen LogP) is 5.14. The van der Waals surface area contributed by atoms with E-state index in [4.69, 9.17) is 11.6 Å². The van der Waals surface area contributed by atoms with Crippen LogP contribution in [-0.2, 0) is 18.3 Å². The van der Waals surface area contributed by atoms with E-state index in [1.165, 1.54) is 42.2 Å². The molecule has 1 amide bonds. The van der Waals surface area contributed by atoms with Gasteiger partial charge < -0.3 is 5.32 Å². The van der Waals surface area contributed by atoms with E-state index in [9.17, 15) is 22.4 Å². The summed E-state index contributed by atoms with van der Waals surface area (Å²) in [6.07, 6.45) is -1.94. The Labute approximate surface area is 162 Å². The molecule has 0 spiro atoms. The zero-order chi connectivity index (χ0) is 20.4. The maximum absolute atomic E-state index is 14.4. The molecule has 0 fully saturated rings. The van der Waals surface area contributed by atoms with Crippen LogP contribution in [0.1, 0.15) is 17.7 Å². The second-order valence-corrected chi connectivity index (χ2v) is 6.44. The van der Waals surface area contributed by atoms with Gasteiger partial charge in [0.1, 0.15) is 17.3 Å². The second-order valence-electron chi connectivity index (χ2n) is 6.03. The fourth-order valence-corrected chi connectivity index (χ4v) is 2.97. The van der Waals surface area contributed by atoms with Crippen LogP contribution in [-0.4, -0.2) is 15.7 Å². The summed E-state index contributed by atoms with van der Waals surface area (Å²) in [7, 11) is 1.46. The highest BCUT2D eigenvalue weighted by Crippen LogP contribution is 2.33. The van der Waals surface area contributed by atoms with Gasteiger partial charge in [-0.3, -0.25) is 9.48 Å². The van der Waals surface area contributed by atoms with Crippen molar-refractivity contribution < 1.29 is 22.4 Å². The third kappa shape index (κ3) is 4.17. The normalized spacial score (nSPS) is 11.1. The number of halogens is 5. The molecular formula is C19H14ClF4N3O. The van der Waals surface area contributed by atoms with Gasteiger partial charge in [0.2, 0.25) is 5.91 Å². The molecule has 0 atom stereocenters. The third-order valence-electron chi connectivity index (χ3n) is 4.00. The molecule has 4 nitrogen and oxygen atoms in total. The Hall–Kier alpha value is -2.87. The lowest BCUT2D eigenvalue weighted by molar-refractivity contribution is -0.115. The van der Waals surface area contributed by atoms with Crippen LogP contribution in [0.2, 0.25) is 5.02 Å². The van der Waals surface area contributed by atoms with Crippen LogP contribution in [0.4, 0.5) is 23.2 Å². The summed E-state index contributed by atoms with van der Waals surface area (Å²) in [5.41, 5.74) is 0.0402. The summed E-state index contributed by atoms with van der Waals surface area (Å²) in [4.78, 5) is 12.4. The summed E-state index contributed by atoms with van der Waals surface area (Å²) in [6.45, 7) is 0. The van der Waals surface area contributed by atoms with Crippen molar-refractivity contribution >= 4 is 23.2 Å². The zero-order valence-corrected chi connectivity index (χ0v) is 15.3. The fraction of sp³-hybridized carbons (Fsp3) is 0.158. The molecule has 146 valence electrons. The van der Waals surface area contributed by atoms with Crippen LogP contribution in [0.25, 0.3) is 11.1 Å². The van der Waals surface area contributed by atoms with Gasteiger partial charge in [0.05, 0.1) is 17.1 Å². The van der Waals surface area contributed by atoms with Crippen molar-refractivity contribution in [3.05, 3.63) is 70.5 Å². The average Bonchev–Trinajstić information content (AvgIpc) is 2.99. The van der Waals surface area contributed by atoms with Crippen molar-refractivity contribution in [2.45, 2.75) is 12.8 Å². The first-order valence-corrected chi connectivity index (χ1v) is 8.48. The van der Waals surface area contributed by atoms with Crippen molar-refractivity contribution in [2.75, 3.05) is 5.32 Å². The number of aryl methyl sites for hydroxylation is 1. The first-order valence-electron chi connectivity index (χ1n) is 8.10. The van der Waals surface area contributed by atoms with Crippen molar-refractivity contribution in [1.29, 1.82) is 0 Å². The molecule has 0 bridgehead atoms. The van der Waals surface area contributed by atoms with Crippen LogP contribution in [0.5, 0.6) is 0 Å². The average molecular weight is 412 g/mol. The number of para-hydroxylation sites is 1. The molecule has 0 radical (unpaired) electrons. The van der Waals surface area contributed by atoms with E-state index in [0.717, 1.165) is 12.1 Å². The summed E-state index contributed by atoms with van der Waals surface area (Å²) >= 11 is 5.78. The quantitative estimate of drug-likeness (QED) is 0.591. The van der Waals surface area contributed by atoms with Crippen LogP contribution in [0.15, 0.2) is 42.6 Å². The summed E-state index contributed by atoms with van der Waals surface area (Å²) in [5.74, 6) is -2.07. The van der Waals surface area contributed by atoms with E-state index in [1.807, 2.05) is 0 Å². The Balaban J connectivity index is 1.90. The number of carbonyl (C=O) groups is 1. The number of benzene rings is 2. The van der Waals surface area contributed by atoms with Gasteiger partial charge in [-0.2, -0.15) is 5.10 Å². The Morgan fingerprint density at radius 1 is 1.21 bits per heavy atom. The minimum Gasteiger partial charge on any atom is -0.323 e. The lowest BCUT2D eigenvalue weighted by atomic mass is 10.0. The summed E-state index contributed by atoms with van der Waals surface area (Å²) in [6, 6.07) is 7.90. The number of rotatable bonds is 5. The van der Waals surface area contributed by atoms with Gasteiger partial charge in [-0.1, -0.05) is 29.8 Å². The maximum Gasteiger partial charge on any atom is 0.282 e. The predicted molar refractivity (Wildman–Crippen MR) is 97.3 cm³/mol. The van der Waals surface area contributed by atoms with Crippen LogP contribution in [0, 0.1) is 11.6 Å². The van der Waals surface area contributed by atoms with Gasteiger partial charge in [-0.05, 0) is 23.8 Å². The van der Waals surface area contributed by atoms with Crippen LogP contribution < -0.4 is 5.32 Å². The molecule has 2 aromatic carbocycles. The van der Waals surface area contributed by atoms with Crippen molar-refractivity contribution in [3.63, 3.8) is 0 Å². The van der Waals surface area contributed by atoms with E-state index in [2.05, 4.69) is 10.4 Å².